The molecule has 0 aliphatic rings. The first-order chi connectivity index (χ1) is 7.16. The van der Waals surface area contributed by atoms with Crippen molar-refractivity contribution >= 4 is 33.0 Å². The maximum absolute atomic E-state index is 11.1. The van der Waals surface area contributed by atoms with Gasteiger partial charge in [-0.3, -0.25) is 9.78 Å². The lowest BCUT2D eigenvalue weighted by molar-refractivity contribution is 0.102. The van der Waals surface area contributed by atoms with Gasteiger partial charge in [0.05, 0.1) is 4.88 Å². The fourth-order valence-corrected chi connectivity index (χ4v) is 2.48. The first-order valence-electron chi connectivity index (χ1n) is 4.38. The van der Waals surface area contributed by atoms with E-state index in [2.05, 4.69) is 20.9 Å². The normalized spacial score (nSPS) is 10.3. The lowest BCUT2D eigenvalue weighted by Gasteiger charge is -1.96. The summed E-state index contributed by atoms with van der Waals surface area (Å²) in [5.74, 6) is 0.106. The number of hydrogen-bond acceptors (Lipinski definition) is 3. The predicted molar refractivity (Wildman–Crippen MR) is 65.3 cm³/mol. The summed E-state index contributed by atoms with van der Waals surface area (Å²) < 4.78 is 0.942. The third-order valence-electron chi connectivity index (χ3n) is 1.94. The number of carbonyl (C=O) groups excluding carboxylic acids is 1. The van der Waals surface area contributed by atoms with Crippen LogP contribution in [0.4, 0.5) is 0 Å². The molecule has 0 saturated heterocycles. The quantitative estimate of drug-likeness (QED) is 0.785. The van der Waals surface area contributed by atoms with Gasteiger partial charge >= 0.3 is 0 Å². The Bertz CT molecular complexity index is 507. The van der Waals surface area contributed by atoms with Crippen LogP contribution in [-0.4, -0.2) is 10.8 Å². The molecule has 0 amide bonds. The van der Waals surface area contributed by atoms with Crippen molar-refractivity contribution in [3.63, 3.8) is 0 Å². The van der Waals surface area contributed by atoms with E-state index in [1.54, 1.807) is 19.3 Å². The van der Waals surface area contributed by atoms with Crippen molar-refractivity contribution in [1.29, 1.82) is 0 Å². The van der Waals surface area contributed by atoms with Crippen LogP contribution in [0.15, 0.2) is 35.1 Å². The molecule has 0 aromatic carbocycles. The number of hydrogen-bond donors (Lipinski definition) is 0. The summed E-state index contributed by atoms with van der Waals surface area (Å²) >= 11 is 4.86. The zero-order chi connectivity index (χ0) is 10.8. The Labute approximate surface area is 100 Å². The highest BCUT2D eigenvalue weighted by Crippen LogP contribution is 2.29. The smallest absolute Gasteiger partial charge is 0.169 e. The third-order valence-corrected chi connectivity index (χ3v) is 3.61. The van der Waals surface area contributed by atoms with Crippen LogP contribution in [0.5, 0.6) is 0 Å². The number of ketones is 1. The van der Waals surface area contributed by atoms with Gasteiger partial charge in [-0.15, -0.1) is 11.3 Å². The Morgan fingerprint density at radius 3 is 2.80 bits per heavy atom. The Hall–Kier alpha value is -1.000. The van der Waals surface area contributed by atoms with E-state index in [4.69, 9.17) is 0 Å². The molecule has 0 radical (unpaired) electrons. The van der Waals surface area contributed by atoms with Crippen molar-refractivity contribution < 1.29 is 4.79 Å². The second-order valence-electron chi connectivity index (χ2n) is 3.11. The number of thiophene rings is 1. The minimum Gasteiger partial charge on any atom is -0.294 e. The van der Waals surface area contributed by atoms with Gasteiger partial charge in [0.2, 0.25) is 0 Å². The summed E-state index contributed by atoms with van der Waals surface area (Å²) in [7, 11) is 0. The second kappa shape index (κ2) is 4.24. The van der Waals surface area contributed by atoms with E-state index in [1.807, 2.05) is 18.2 Å². The molecule has 2 aromatic rings. The average Bonchev–Trinajstić information content (AvgIpc) is 2.66. The minimum atomic E-state index is 0.106. The molecule has 4 heteroatoms. The van der Waals surface area contributed by atoms with Crippen molar-refractivity contribution in [2.75, 3.05) is 0 Å². The Morgan fingerprint density at radius 2 is 2.20 bits per heavy atom. The van der Waals surface area contributed by atoms with E-state index in [0.717, 1.165) is 19.8 Å². The van der Waals surface area contributed by atoms with Gasteiger partial charge in [0.15, 0.2) is 5.78 Å². The van der Waals surface area contributed by atoms with Crippen LogP contribution in [0.3, 0.4) is 0 Å². The Morgan fingerprint density at radius 1 is 1.40 bits per heavy atom. The molecule has 0 saturated carbocycles. The maximum Gasteiger partial charge on any atom is 0.169 e. The fourth-order valence-electron chi connectivity index (χ4n) is 1.23. The highest BCUT2D eigenvalue weighted by molar-refractivity contribution is 9.10. The van der Waals surface area contributed by atoms with Gasteiger partial charge in [-0.25, -0.2) is 0 Å². The Kier molecular flexibility index (Phi) is 2.98. The van der Waals surface area contributed by atoms with Crippen LogP contribution in [-0.2, 0) is 0 Å². The summed E-state index contributed by atoms with van der Waals surface area (Å²) in [5, 5.41) is 0. The van der Waals surface area contributed by atoms with E-state index >= 15 is 0 Å². The van der Waals surface area contributed by atoms with E-state index in [0.29, 0.717) is 0 Å². The molecule has 2 nitrogen and oxygen atoms in total. The Balaban J connectivity index is 2.41. The number of pyridine rings is 1. The highest BCUT2D eigenvalue weighted by Gasteiger charge is 2.06. The molecule has 0 aliphatic heterocycles. The van der Waals surface area contributed by atoms with E-state index in [1.165, 1.54) is 11.3 Å². The van der Waals surface area contributed by atoms with Gasteiger partial charge < -0.3 is 0 Å². The third kappa shape index (κ3) is 2.33. The van der Waals surface area contributed by atoms with Crippen LogP contribution < -0.4 is 0 Å². The van der Waals surface area contributed by atoms with Crippen LogP contribution in [0, 0.1) is 0 Å². The van der Waals surface area contributed by atoms with Crippen molar-refractivity contribution in [3.05, 3.63) is 39.9 Å². The zero-order valence-electron chi connectivity index (χ0n) is 8.03. The molecular formula is C11H8BrNOS. The van der Waals surface area contributed by atoms with Gasteiger partial charge in [0, 0.05) is 27.3 Å². The molecule has 15 heavy (non-hydrogen) atoms. The molecule has 2 rings (SSSR count). The predicted octanol–water partition coefficient (Wildman–Crippen LogP) is 3.78. The van der Waals surface area contributed by atoms with E-state index in [9.17, 15) is 4.79 Å². The largest absolute Gasteiger partial charge is 0.294 e. The summed E-state index contributed by atoms with van der Waals surface area (Å²) in [6.45, 7) is 1.58. The summed E-state index contributed by atoms with van der Waals surface area (Å²) in [6.07, 6.45) is 3.53. The SMILES string of the molecule is CC(=O)c1ccc(-c2cncc(Br)c2)s1. The number of carbonyl (C=O) groups is 1. The number of aromatic nitrogens is 1. The number of rotatable bonds is 2. The highest BCUT2D eigenvalue weighted by atomic mass is 79.9. The van der Waals surface area contributed by atoms with Crippen LogP contribution in [0.25, 0.3) is 10.4 Å². The number of halogens is 1. The molecule has 0 unspecified atom stereocenters. The first kappa shape index (κ1) is 10.5. The summed E-state index contributed by atoms with van der Waals surface area (Å²) in [4.78, 5) is 17.1. The monoisotopic (exact) mass is 281 g/mol. The number of Topliss-reactive ketones (excluding diaryl/α,β-unsaturated/α-hetero) is 1. The van der Waals surface area contributed by atoms with Gasteiger partial charge in [-0.05, 0) is 41.1 Å². The molecule has 0 bridgehead atoms. The maximum atomic E-state index is 11.1. The van der Waals surface area contributed by atoms with Gasteiger partial charge in [0.25, 0.3) is 0 Å². The molecule has 0 N–H and O–H groups in total. The van der Waals surface area contributed by atoms with E-state index in [-0.39, 0.29) is 5.78 Å². The minimum absolute atomic E-state index is 0.106. The van der Waals surface area contributed by atoms with Gasteiger partial charge in [0.1, 0.15) is 0 Å². The van der Waals surface area contributed by atoms with Crippen LogP contribution in [0.1, 0.15) is 16.6 Å². The summed E-state index contributed by atoms with van der Waals surface area (Å²) in [6, 6.07) is 5.79. The van der Waals surface area contributed by atoms with Crippen molar-refractivity contribution in [2.24, 2.45) is 0 Å². The van der Waals surface area contributed by atoms with Crippen molar-refractivity contribution in [3.8, 4) is 10.4 Å². The molecule has 0 spiro atoms. The first-order valence-corrected chi connectivity index (χ1v) is 5.99. The second-order valence-corrected chi connectivity index (χ2v) is 5.11. The standard InChI is InChI=1S/C11H8BrNOS/c1-7(14)10-2-3-11(15-10)8-4-9(12)6-13-5-8/h2-6H,1H3. The average molecular weight is 282 g/mol. The van der Waals surface area contributed by atoms with Crippen LogP contribution >= 0.6 is 27.3 Å². The lowest BCUT2D eigenvalue weighted by atomic mass is 10.2. The topological polar surface area (TPSA) is 30.0 Å². The van der Waals surface area contributed by atoms with E-state index < -0.39 is 0 Å². The molecule has 2 aromatic heterocycles. The lowest BCUT2D eigenvalue weighted by Crippen LogP contribution is -1.83. The van der Waals surface area contributed by atoms with Crippen molar-refractivity contribution in [2.45, 2.75) is 6.92 Å². The van der Waals surface area contributed by atoms with Gasteiger partial charge in [-0.2, -0.15) is 0 Å². The molecule has 2 heterocycles. The van der Waals surface area contributed by atoms with Crippen molar-refractivity contribution in [1.82, 2.24) is 4.98 Å². The fraction of sp³-hybridized carbons (Fsp3) is 0.0909. The van der Waals surface area contributed by atoms with Gasteiger partial charge in [-0.1, -0.05) is 0 Å². The molecule has 0 fully saturated rings. The zero-order valence-corrected chi connectivity index (χ0v) is 10.4. The molecule has 0 aliphatic carbocycles. The molecular weight excluding hydrogens is 274 g/mol. The molecule has 0 atom stereocenters. The van der Waals surface area contributed by atoms with Crippen LogP contribution in [0.2, 0.25) is 0 Å². The summed E-state index contributed by atoms with van der Waals surface area (Å²) in [5.41, 5.74) is 1.03. The molecule has 76 valence electrons. The number of nitrogens with zero attached hydrogens (tertiary/aromatic N) is 1.